The minimum atomic E-state index is -4.50. The van der Waals surface area contributed by atoms with E-state index in [-0.39, 0.29) is 0 Å². The fourth-order valence-corrected chi connectivity index (χ4v) is 1.01. The summed E-state index contributed by atoms with van der Waals surface area (Å²) < 4.78 is 45.3. The van der Waals surface area contributed by atoms with Gasteiger partial charge in [-0.25, -0.2) is 0 Å². The molecule has 1 fully saturated rings. The lowest BCUT2D eigenvalue weighted by Gasteiger charge is -2.12. The molecule has 0 aromatic rings. The van der Waals surface area contributed by atoms with Gasteiger partial charge in [-0.3, -0.25) is 0 Å². The van der Waals surface area contributed by atoms with Gasteiger partial charge in [0.05, 0.1) is 0 Å². The number of hydrogen-bond donors (Lipinski definition) is 0. The van der Waals surface area contributed by atoms with E-state index in [9.17, 15) is 13.2 Å². The topological polar surface area (TPSA) is 18.5 Å². The van der Waals surface area contributed by atoms with Crippen molar-refractivity contribution in [1.82, 2.24) is 0 Å². The standard InChI is InChI=1S/C8H9F3O2/c1-3-5-6(4-2)13-7(12-5)8(9,10)11/h3-7H,1-2H2. The molecule has 1 rings (SSSR count). The number of rotatable bonds is 2. The zero-order valence-corrected chi connectivity index (χ0v) is 6.75. The summed E-state index contributed by atoms with van der Waals surface area (Å²) in [4.78, 5) is 0. The molecule has 13 heavy (non-hydrogen) atoms. The summed E-state index contributed by atoms with van der Waals surface area (Å²) in [5.74, 6) is 0. The lowest BCUT2D eigenvalue weighted by molar-refractivity contribution is -0.277. The van der Waals surface area contributed by atoms with Crippen LogP contribution in [0.15, 0.2) is 25.3 Å². The van der Waals surface area contributed by atoms with Gasteiger partial charge < -0.3 is 9.47 Å². The maximum Gasteiger partial charge on any atom is 0.440 e. The molecule has 5 heteroatoms. The van der Waals surface area contributed by atoms with Crippen LogP contribution in [0, 0.1) is 0 Å². The van der Waals surface area contributed by atoms with Crippen LogP contribution < -0.4 is 0 Å². The molecule has 0 spiro atoms. The Morgan fingerprint density at radius 1 is 1.00 bits per heavy atom. The van der Waals surface area contributed by atoms with Crippen LogP contribution in [-0.2, 0) is 9.47 Å². The first-order valence-electron chi connectivity index (χ1n) is 3.61. The first-order valence-corrected chi connectivity index (χ1v) is 3.61. The van der Waals surface area contributed by atoms with Gasteiger partial charge >= 0.3 is 6.18 Å². The van der Waals surface area contributed by atoms with Crippen LogP contribution >= 0.6 is 0 Å². The van der Waals surface area contributed by atoms with Gasteiger partial charge in [-0.1, -0.05) is 12.2 Å². The Kier molecular flexibility index (Phi) is 2.77. The molecule has 1 aliphatic heterocycles. The zero-order valence-electron chi connectivity index (χ0n) is 6.75. The van der Waals surface area contributed by atoms with E-state index >= 15 is 0 Å². The van der Waals surface area contributed by atoms with Gasteiger partial charge in [0.2, 0.25) is 0 Å². The molecule has 0 bridgehead atoms. The number of ether oxygens (including phenoxy) is 2. The van der Waals surface area contributed by atoms with Crippen LogP contribution in [0.5, 0.6) is 0 Å². The van der Waals surface area contributed by atoms with Crippen molar-refractivity contribution in [2.24, 2.45) is 0 Å². The highest BCUT2D eigenvalue weighted by molar-refractivity contribution is 4.99. The fraction of sp³-hybridized carbons (Fsp3) is 0.500. The Morgan fingerprint density at radius 2 is 1.38 bits per heavy atom. The maximum absolute atomic E-state index is 12.1. The SMILES string of the molecule is C=CC1OC(C(F)(F)F)OC1C=C. The monoisotopic (exact) mass is 194 g/mol. The van der Waals surface area contributed by atoms with Gasteiger partial charge in [-0.2, -0.15) is 13.2 Å². The molecule has 1 heterocycles. The Labute approximate surface area is 73.6 Å². The van der Waals surface area contributed by atoms with Crippen molar-refractivity contribution in [3.63, 3.8) is 0 Å². The normalized spacial score (nSPS) is 34.5. The van der Waals surface area contributed by atoms with Crippen molar-refractivity contribution in [3.05, 3.63) is 25.3 Å². The Bertz CT molecular complexity index is 196. The second-order valence-corrected chi connectivity index (χ2v) is 2.55. The van der Waals surface area contributed by atoms with Crippen LogP contribution in [0.3, 0.4) is 0 Å². The van der Waals surface area contributed by atoms with E-state index in [4.69, 9.17) is 0 Å². The second kappa shape index (κ2) is 3.51. The average molecular weight is 194 g/mol. The van der Waals surface area contributed by atoms with Gasteiger partial charge in [-0.05, 0) is 0 Å². The van der Waals surface area contributed by atoms with Crippen LogP contribution in [0.1, 0.15) is 0 Å². The summed E-state index contributed by atoms with van der Waals surface area (Å²) in [6.07, 6.45) is -5.69. The van der Waals surface area contributed by atoms with E-state index in [2.05, 4.69) is 22.6 Å². The van der Waals surface area contributed by atoms with E-state index in [0.717, 1.165) is 0 Å². The predicted molar refractivity (Wildman–Crippen MR) is 40.0 cm³/mol. The van der Waals surface area contributed by atoms with Crippen molar-refractivity contribution in [2.45, 2.75) is 24.7 Å². The highest BCUT2D eigenvalue weighted by Crippen LogP contribution is 2.32. The third-order valence-corrected chi connectivity index (χ3v) is 1.62. The van der Waals surface area contributed by atoms with E-state index in [1.54, 1.807) is 0 Å². The van der Waals surface area contributed by atoms with E-state index < -0.39 is 24.7 Å². The third kappa shape index (κ3) is 2.10. The third-order valence-electron chi connectivity index (χ3n) is 1.62. The van der Waals surface area contributed by atoms with Crippen molar-refractivity contribution in [2.75, 3.05) is 0 Å². The molecule has 0 aliphatic carbocycles. The molecule has 0 N–H and O–H groups in total. The summed E-state index contributed by atoms with van der Waals surface area (Å²) in [5.41, 5.74) is 0. The molecule has 1 aliphatic rings. The van der Waals surface area contributed by atoms with E-state index in [1.165, 1.54) is 12.2 Å². The summed E-state index contributed by atoms with van der Waals surface area (Å²) >= 11 is 0. The van der Waals surface area contributed by atoms with E-state index in [1.807, 2.05) is 0 Å². The lowest BCUT2D eigenvalue weighted by atomic mass is 10.2. The van der Waals surface area contributed by atoms with Crippen LogP contribution in [0.2, 0.25) is 0 Å². The zero-order chi connectivity index (χ0) is 10.1. The average Bonchev–Trinajstić information content (AvgIpc) is 2.45. The molecule has 74 valence electrons. The maximum atomic E-state index is 12.1. The number of hydrogen-bond acceptors (Lipinski definition) is 2. The summed E-state index contributed by atoms with van der Waals surface area (Å²) in [7, 11) is 0. The second-order valence-electron chi connectivity index (χ2n) is 2.55. The van der Waals surface area contributed by atoms with Gasteiger partial charge in [0, 0.05) is 0 Å². The summed E-state index contributed by atoms with van der Waals surface area (Å²) in [6, 6.07) is 0. The van der Waals surface area contributed by atoms with Crippen molar-refractivity contribution < 1.29 is 22.6 Å². The smallest absolute Gasteiger partial charge is 0.334 e. The molecule has 2 atom stereocenters. The molecular weight excluding hydrogens is 185 g/mol. The minimum absolute atomic E-state index is 0.774. The Balaban J connectivity index is 2.68. The highest BCUT2D eigenvalue weighted by atomic mass is 19.4. The van der Waals surface area contributed by atoms with Gasteiger partial charge in [0.25, 0.3) is 6.29 Å². The molecule has 0 saturated carbocycles. The van der Waals surface area contributed by atoms with E-state index in [0.29, 0.717) is 0 Å². The first kappa shape index (κ1) is 10.3. The van der Waals surface area contributed by atoms with Gasteiger partial charge in [-0.15, -0.1) is 13.2 Å². The number of alkyl halides is 3. The van der Waals surface area contributed by atoms with Crippen LogP contribution in [0.4, 0.5) is 13.2 Å². The highest BCUT2D eigenvalue weighted by Gasteiger charge is 2.49. The summed E-state index contributed by atoms with van der Waals surface area (Å²) in [6.45, 7) is 6.67. The molecule has 0 aromatic carbocycles. The summed E-state index contributed by atoms with van der Waals surface area (Å²) in [5, 5.41) is 0. The molecule has 0 aromatic heterocycles. The van der Waals surface area contributed by atoms with Gasteiger partial charge in [0.1, 0.15) is 12.2 Å². The Morgan fingerprint density at radius 3 is 1.62 bits per heavy atom. The lowest BCUT2D eigenvalue weighted by Crippen LogP contribution is -2.30. The first-order chi connectivity index (χ1) is 5.99. The number of halogens is 3. The largest absolute Gasteiger partial charge is 0.440 e. The molecular formula is C8H9F3O2. The van der Waals surface area contributed by atoms with Crippen molar-refractivity contribution in [3.8, 4) is 0 Å². The predicted octanol–water partition coefficient (Wildman–Crippen LogP) is 2.03. The molecule has 2 nitrogen and oxygen atoms in total. The van der Waals surface area contributed by atoms with Crippen molar-refractivity contribution >= 4 is 0 Å². The molecule has 0 radical (unpaired) electrons. The van der Waals surface area contributed by atoms with Crippen LogP contribution in [0.25, 0.3) is 0 Å². The molecule has 1 saturated heterocycles. The minimum Gasteiger partial charge on any atom is -0.334 e. The molecule has 0 amide bonds. The quantitative estimate of drug-likeness (QED) is 0.626. The van der Waals surface area contributed by atoms with Crippen molar-refractivity contribution in [1.29, 1.82) is 0 Å². The van der Waals surface area contributed by atoms with Crippen LogP contribution in [-0.4, -0.2) is 24.7 Å². The fourth-order valence-electron chi connectivity index (χ4n) is 1.01. The Hall–Kier alpha value is -0.810. The molecule has 2 unspecified atom stereocenters. The van der Waals surface area contributed by atoms with Gasteiger partial charge in [0.15, 0.2) is 0 Å².